The Bertz CT molecular complexity index is 844. The molecule has 1 aromatic heterocycles. The lowest BCUT2D eigenvalue weighted by Crippen LogP contribution is -2.24. The molecule has 24 heavy (non-hydrogen) atoms. The van der Waals surface area contributed by atoms with Gasteiger partial charge in [-0.2, -0.15) is 0 Å². The lowest BCUT2D eigenvalue weighted by atomic mass is 10.2. The number of amides is 1. The van der Waals surface area contributed by atoms with Crippen LogP contribution in [0, 0.1) is 6.92 Å². The lowest BCUT2D eigenvalue weighted by Gasteiger charge is -2.06. The first-order valence-electron chi connectivity index (χ1n) is 7.65. The summed E-state index contributed by atoms with van der Waals surface area (Å²) in [4.78, 5) is 16.6. The van der Waals surface area contributed by atoms with Gasteiger partial charge in [0.15, 0.2) is 0 Å². The zero-order valence-electron chi connectivity index (χ0n) is 13.3. The van der Waals surface area contributed by atoms with E-state index in [0.717, 1.165) is 16.8 Å². The average molecular weight is 341 g/mol. The molecule has 0 atom stereocenters. The maximum Gasteiger partial charge on any atom is 0.227 e. The van der Waals surface area contributed by atoms with Crippen LogP contribution in [0.2, 0.25) is 5.02 Å². The SMILES string of the molecule is Cc1nc(-c2ccccc2)oc1CC(=O)NCc1ccccc1Cl. The number of aromatic nitrogens is 1. The number of aryl methyl sites for hydroxylation is 1. The minimum atomic E-state index is -0.131. The molecule has 0 radical (unpaired) electrons. The minimum Gasteiger partial charge on any atom is -0.440 e. The Kier molecular flexibility index (Phi) is 4.96. The van der Waals surface area contributed by atoms with Gasteiger partial charge in [-0.3, -0.25) is 4.79 Å². The van der Waals surface area contributed by atoms with Crippen molar-refractivity contribution in [2.24, 2.45) is 0 Å². The molecule has 0 aliphatic heterocycles. The Hall–Kier alpha value is -2.59. The molecule has 0 unspecified atom stereocenters. The zero-order chi connectivity index (χ0) is 16.9. The van der Waals surface area contributed by atoms with Crippen LogP contribution in [-0.4, -0.2) is 10.9 Å². The molecule has 1 amide bonds. The Labute approximate surface area is 145 Å². The van der Waals surface area contributed by atoms with Crippen LogP contribution in [0.1, 0.15) is 17.0 Å². The van der Waals surface area contributed by atoms with E-state index in [4.69, 9.17) is 16.0 Å². The Morgan fingerprint density at radius 3 is 2.58 bits per heavy atom. The van der Waals surface area contributed by atoms with Gasteiger partial charge in [0.2, 0.25) is 11.8 Å². The van der Waals surface area contributed by atoms with Gasteiger partial charge in [0.25, 0.3) is 0 Å². The van der Waals surface area contributed by atoms with Gasteiger partial charge < -0.3 is 9.73 Å². The minimum absolute atomic E-state index is 0.131. The predicted molar refractivity (Wildman–Crippen MR) is 93.7 cm³/mol. The van der Waals surface area contributed by atoms with Gasteiger partial charge in [-0.25, -0.2) is 4.98 Å². The molecule has 0 aliphatic rings. The van der Waals surface area contributed by atoms with E-state index in [1.54, 1.807) is 6.07 Å². The van der Waals surface area contributed by atoms with Gasteiger partial charge in [-0.1, -0.05) is 48.0 Å². The van der Waals surface area contributed by atoms with Crippen molar-refractivity contribution in [1.82, 2.24) is 10.3 Å². The Balaban J connectivity index is 1.65. The average Bonchev–Trinajstić information content (AvgIpc) is 2.96. The topological polar surface area (TPSA) is 55.1 Å². The number of benzene rings is 2. The highest BCUT2D eigenvalue weighted by atomic mass is 35.5. The van der Waals surface area contributed by atoms with Crippen molar-refractivity contribution in [3.05, 3.63) is 76.6 Å². The van der Waals surface area contributed by atoms with Crippen molar-refractivity contribution in [1.29, 1.82) is 0 Å². The van der Waals surface area contributed by atoms with E-state index in [1.807, 2.05) is 55.5 Å². The molecule has 2 aromatic carbocycles. The number of hydrogen-bond donors (Lipinski definition) is 1. The van der Waals surface area contributed by atoms with Crippen molar-refractivity contribution in [2.75, 3.05) is 0 Å². The van der Waals surface area contributed by atoms with Gasteiger partial charge in [-0.05, 0) is 30.7 Å². The Morgan fingerprint density at radius 1 is 1.12 bits per heavy atom. The van der Waals surface area contributed by atoms with Gasteiger partial charge in [0.1, 0.15) is 5.76 Å². The van der Waals surface area contributed by atoms with E-state index in [0.29, 0.717) is 23.2 Å². The molecule has 0 spiro atoms. The lowest BCUT2D eigenvalue weighted by molar-refractivity contribution is -0.120. The number of carbonyl (C=O) groups is 1. The zero-order valence-corrected chi connectivity index (χ0v) is 14.0. The van der Waals surface area contributed by atoms with E-state index in [9.17, 15) is 4.79 Å². The predicted octanol–water partition coefficient (Wildman–Crippen LogP) is 4.16. The second-order valence-corrected chi connectivity index (χ2v) is 5.85. The molecule has 5 heteroatoms. The summed E-state index contributed by atoms with van der Waals surface area (Å²) in [5, 5.41) is 3.49. The van der Waals surface area contributed by atoms with Crippen molar-refractivity contribution in [3.8, 4) is 11.5 Å². The number of nitrogens with zero attached hydrogens (tertiary/aromatic N) is 1. The van der Waals surface area contributed by atoms with E-state index in [-0.39, 0.29) is 12.3 Å². The number of oxazole rings is 1. The van der Waals surface area contributed by atoms with E-state index >= 15 is 0 Å². The first-order valence-corrected chi connectivity index (χ1v) is 8.03. The maximum absolute atomic E-state index is 12.2. The van der Waals surface area contributed by atoms with Gasteiger partial charge >= 0.3 is 0 Å². The van der Waals surface area contributed by atoms with Crippen LogP contribution in [0.5, 0.6) is 0 Å². The van der Waals surface area contributed by atoms with Gasteiger partial charge in [0, 0.05) is 17.1 Å². The van der Waals surface area contributed by atoms with Crippen molar-refractivity contribution in [3.63, 3.8) is 0 Å². The third-order valence-electron chi connectivity index (χ3n) is 3.67. The van der Waals surface area contributed by atoms with Crippen LogP contribution in [-0.2, 0) is 17.8 Å². The fourth-order valence-corrected chi connectivity index (χ4v) is 2.54. The van der Waals surface area contributed by atoms with Crippen molar-refractivity contribution >= 4 is 17.5 Å². The molecule has 0 aliphatic carbocycles. The van der Waals surface area contributed by atoms with Crippen molar-refractivity contribution in [2.45, 2.75) is 19.9 Å². The second-order valence-electron chi connectivity index (χ2n) is 5.44. The molecule has 3 aromatic rings. The van der Waals surface area contributed by atoms with Gasteiger partial charge in [0.05, 0.1) is 12.1 Å². The van der Waals surface area contributed by atoms with Crippen LogP contribution in [0.15, 0.2) is 59.0 Å². The summed E-state index contributed by atoms with van der Waals surface area (Å²) in [7, 11) is 0. The molecular formula is C19H17ClN2O2. The van der Waals surface area contributed by atoms with Crippen LogP contribution in [0.3, 0.4) is 0 Å². The van der Waals surface area contributed by atoms with E-state index in [2.05, 4.69) is 10.3 Å². The largest absolute Gasteiger partial charge is 0.440 e. The normalized spacial score (nSPS) is 10.6. The standard InChI is InChI=1S/C19H17ClN2O2/c1-13-17(24-19(22-13)14-7-3-2-4-8-14)11-18(23)21-12-15-9-5-6-10-16(15)20/h2-10H,11-12H2,1H3,(H,21,23). The summed E-state index contributed by atoms with van der Waals surface area (Å²) in [6, 6.07) is 17.1. The number of nitrogens with one attached hydrogen (secondary N) is 1. The molecule has 1 heterocycles. The quantitative estimate of drug-likeness (QED) is 0.758. The number of carbonyl (C=O) groups excluding carboxylic acids is 1. The highest BCUT2D eigenvalue weighted by molar-refractivity contribution is 6.31. The first kappa shape index (κ1) is 16.3. The highest BCUT2D eigenvalue weighted by Crippen LogP contribution is 2.22. The van der Waals surface area contributed by atoms with Crippen LogP contribution < -0.4 is 5.32 Å². The Morgan fingerprint density at radius 2 is 1.83 bits per heavy atom. The van der Waals surface area contributed by atoms with Crippen molar-refractivity contribution < 1.29 is 9.21 Å². The number of rotatable bonds is 5. The summed E-state index contributed by atoms with van der Waals surface area (Å²) >= 11 is 6.08. The third kappa shape index (κ3) is 3.84. The fraction of sp³-hybridized carbons (Fsp3) is 0.158. The molecule has 4 nitrogen and oxygen atoms in total. The van der Waals surface area contributed by atoms with Crippen LogP contribution >= 0.6 is 11.6 Å². The highest BCUT2D eigenvalue weighted by Gasteiger charge is 2.14. The van der Waals surface area contributed by atoms with Gasteiger partial charge in [-0.15, -0.1) is 0 Å². The molecule has 0 bridgehead atoms. The summed E-state index contributed by atoms with van der Waals surface area (Å²) in [6.07, 6.45) is 0.149. The first-order chi connectivity index (χ1) is 11.6. The number of hydrogen-bond acceptors (Lipinski definition) is 3. The second kappa shape index (κ2) is 7.32. The molecule has 0 saturated carbocycles. The summed E-state index contributed by atoms with van der Waals surface area (Å²) in [5.74, 6) is 0.973. The van der Waals surface area contributed by atoms with E-state index < -0.39 is 0 Å². The summed E-state index contributed by atoms with van der Waals surface area (Å²) in [5.41, 5.74) is 2.50. The fourth-order valence-electron chi connectivity index (χ4n) is 2.34. The summed E-state index contributed by atoms with van der Waals surface area (Å²) < 4.78 is 5.75. The monoisotopic (exact) mass is 340 g/mol. The molecule has 0 fully saturated rings. The van der Waals surface area contributed by atoms with Crippen LogP contribution in [0.25, 0.3) is 11.5 Å². The molecule has 3 rings (SSSR count). The molecule has 1 N–H and O–H groups in total. The van der Waals surface area contributed by atoms with E-state index in [1.165, 1.54) is 0 Å². The third-order valence-corrected chi connectivity index (χ3v) is 4.04. The maximum atomic E-state index is 12.2. The van der Waals surface area contributed by atoms with Crippen LogP contribution in [0.4, 0.5) is 0 Å². The molecule has 0 saturated heterocycles. The summed E-state index contributed by atoms with van der Waals surface area (Å²) in [6.45, 7) is 2.23. The smallest absolute Gasteiger partial charge is 0.227 e. The molecule has 122 valence electrons. The molecular weight excluding hydrogens is 324 g/mol. The number of halogens is 1.